The van der Waals surface area contributed by atoms with E-state index in [2.05, 4.69) is 61.0 Å². The van der Waals surface area contributed by atoms with Crippen LogP contribution in [0.5, 0.6) is 0 Å². The summed E-state index contributed by atoms with van der Waals surface area (Å²) >= 11 is 0. The van der Waals surface area contributed by atoms with Gasteiger partial charge in [0.25, 0.3) is 0 Å². The first-order valence-corrected chi connectivity index (χ1v) is 7.81. The summed E-state index contributed by atoms with van der Waals surface area (Å²) in [4.78, 5) is 2.54. The maximum Gasteiger partial charge on any atom is 0.0243 e. The van der Waals surface area contributed by atoms with Crippen LogP contribution in [-0.2, 0) is 6.54 Å². The number of nitrogens with zero attached hydrogens (tertiary/aromatic N) is 1. The van der Waals surface area contributed by atoms with Gasteiger partial charge in [-0.3, -0.25) is 0 Å². The van der Waals surface area contributed by atoms with E-state index in [1.54, 1.807) is 0 Å². The Morgan fingerprint density at radius 2 is 1.90 bits per heavy atom. The van der Waals surface area contributed by atoms with E-state index in [4.69, 9.17) is 0 Å². The Hall–Kier alpha value is -1.12. The van der Waals surface area contributed by atoms with Gasteiger partial charge in [0.1, 0.15) is 0 Å². The lowest BCUT2D eigenvalue weighted by Crippen LogP contribution is -2.52. The van der Waals surface area contributed by atoms with Gasteiger partial charge in [-0.2, -0.15) is 0 Å². The lowest BCUT2D eigenvalue weighted by molar-refractivity contribution is 0.139. The first-order chi connectivity index (χ1) is 9.67. The highest BCUT2D eigenvalue weighted by atomic mass is 15.1. The van der Waals surface area contributed by atoms with Gasteiger partial charge in [0, 0.05) is 12.1 Å². The van der Waals surface area contributed by atoms with Crippen LogP contribution < -0.4 is 5.32 Å². The minimum atomic E-state index is 0.248. The van der Waals surface area contributed by atoms with Crippen LogP contribution in [0.25, 0.3) is 0 Å². The molecule has 1 heterocycles. The minimum absolute atomic E-state index is 0.248. The van der Waals surface area contributed by atoms with Crippen LogP contribution in [0.15, 0.2) is 36.9 Å². The molecule has 0 aliphatic carbocycles. The van der Waals surface area contributed by atoms with Crippen molar-refractivity contribution in [3.8, 4) is 0 Å². The fourth-order valence-electron chi connectivity index (χ4n) is 3.02. The molecule has 0 radical (unpaired) electrons. The molecule has 0 saturated carbocycles. The number of hydrogen-bond acceptors (Lipinski definition) is 2. The Morgan fingerprint density at radius 1 is 1.25 bits per heavy atom. The summed E-state index contributed by atoms with van der Waals surface area (Å²) in [7, 11) is 0. The van der Waals surface area contributed by atoms with Gasteiger partial charge >= 0.3 is 0 Å². The van der Waals surface area contributed by atoms with Crippen LogP contribution in [0, 0.1) is 6.92 Å². The SMILES string of the molecule is C=CCC1(NCc2ccc(C)cc2)CCN(CC)CC1. The van der Waals surface area contributed by atoms with Crippen molar-refractivity contribution in [1.29, 1.82) is 0 Å². The molecule has 1 N–H and O–H groups in total. The van der Waals surface area contributed by atoms with Crippen molar-refractivity contribution in [1.82, 2.24) is 10.2 Å². The average molecular weight is 272 g/mol. The molecule has 1 fully saturated rings. The van der Waals surface area contributed by atoms with Crippen molar-refractivity contribution < 1.29 is 0 Å². The van der Waals surface area contributed by atoms with E-state index in [9.17, 15) is 0 Å². The van der Waals surface area contributed by atoms with E-state index in [1.165, 1.54) is 43.6 Å². The van der Waals surface area contributed by atoms with Gasteiger partial charge in [-0.25, -0.2) is 0 Å². The van der Waals surface area contributed by atoms with Crippen LogP contribution in [0.2, 0.25) is 0 Å². The summed E-state index contributed by atoms with van der Waals surface area (Å²) in [5.74, 6) is 0. The monoisotopic (exact) mass is 272 g/mol. The Morgan fingerprint density at radius 3 is 2.45 bits per heavy atom. The second-order valence-electron chi connectivity index (χ2n) is 6.05. The highest BCUT2D eigenvalue weighted by Crippen LogP contribution is 2.26. The molecular formula is C18H28N2. The molecular weight excluding hydrogens is 244 g/mol. The quantitative estimate of drug-likeness (QED) is 0.797. The van der Waals surface area contributed by atoms with Gasteiger partial charge in [0.15, 0.2) is 0 Å². The first-order valence-electron chi connectivity index (χ1n) is 7.81. The van der Waals surface area contributed by atoms with Crippen molar-refractivity contribution in [2.75, 3.05) is 19.6 Å². The summed E-state index contributed by atoms with van der Waals surface area (Å²) in [6, 6.07) is 8.84. The number of rotatable bonds is 6. The Balaban J connectivity index is 1.95. The van der Waals surface area contributed by atoms with E-state index in [0.717, 1.165) is 13.0 Å². The first kappa shape index (κ1) is 15.3. The topological polar surface area (TPSA) is 15.3 Å². The van der Waals surface area contributed by atoms with Crippen LogP contribution in [0.4, 0.5) is 0 Å². The highest BCUT2D eigenvalue weighted by molar-refractivity contribution is 5.21. The predicted octanol–water partition coefficient (Wildman–Crippen LogP) is 3.52. The van der Waals surface area contributed by atoms with E-state index in [1.807, 2.05) is 0 Å². The summed E-state index contributed by atoms with van der Waals surface area (Å²) in [6.45, 7) is 12.9. The molecule has 1 aromatic rings. The number of benzene rings is 1. The molecule has 1 aromatic carbocycles. The van der Waals surface area contributed by atoms with Crippen LogP contribution in [0.1, 0.15) is 37.3 Å². The number of aryl methyl sites for hydroxylation is 1. The Kier molecular flexibility index (Phi) is 5.38. The molecule has 0 unspecified atom stereocenters. The summed E-state index contributed by atoms with van der Waals surface area (Å²) in [6.07, 6.45) is 5.58. The normalized spacial score (nSPS) is 18.9. The molecule has 2 heteroatoms. The number of nitrogens with one attached hydrogen (secondary N) is 1. The molecule has 1 aliphatic rings. The van der Waals surface area contributed by atoms with Gasteiger partial charge in [-0.05, 0) is 51.4 Å². The maximum atomic E-state index is 3.95. The van der Waals surface area contributed by atoms with Crippen molar-refractivity contribution in [3.63, 3.8) is 0 Å². The lowest BCUT2D eigenvalue weighted by Gasteiger charge is -2.42. The third-order valence-electron chi connectivity index (χ3n) is 4.58. The zero-order valence-corrected chi connectivity index (χ0v) is 13.0. The van der Waals surface area contributed by atoms with E-state index < -0.39 is 0 Å². The predicted molar refractivity (Wildman–Crippen MR) is 86.9 cm³/mol. The largest absolute Gasteiger partial charge is 0.307 e. The molecule has 2 nitrogen and oxygen atoms in total. The molecule has 0 spiro atoms. The van der Waals surface area contributed by atoms with Gasteiger partial charge in [-0.15, -0.1) is 6.58 Å². The number of hydrogen-bond donors (Lipinski definition) is 1. The molecule has 0 bridgehead atoms. The van der Waals surface area contributed by atoms with Crippen LogP contribution >= 0.6 is 0 Å². The van der Waals surface area contributed by atoms with Gasteiger partial charge in [0.05, 0.1) is 0 Å². The zero-order chi connectivity index (χ0) is 14.4. The summed E-state index contributed by atoms with van der Waals surface area (Å²) < 4.78 is 0. The van der Waals surface area contributed by atoms with Crippen molar-refractivity contribution in [3.05, 3.63) is 48.0 Å². The molecule has 0 atom stereocenters. The number of piperidine rings is 1. The fourth-order valence-corrected chi connectivity index (χ4v) is 3.02. The van der Waals surface area contributed by atoms with Gasteiger partial charge in [0.2, 0.25) is 0 Å². The molecule has 110 valence electrons. The summed E-state index contributed by atoms with van der Waals surface area (Å²) in [5, 5.41) is 3.82. The third-order valence-corrected chi connectivity index (χ3v) is 4.58. The van der Waals surface area contributed by atoms with E-state index >= 15 is 0 Å². The molecule has 1 aliphatic heterocycles. The molecule has 1 saturated heterocycles. The zero-order valence-electron chi connectivity index (χ0n) is 13.0. The highest BCUT2D eigenvalue weighted by Gasteiger charge is 2.32. The van der Waals surface area contributed by atoms with Gasteiger partial charge < -0.3 is 10.2 Å². The standard InChI is InChI=1S/C18H28N2/c1-4-10-18(11-13-20(5-2)14-12-18)19-15-17-8-6-16(3)7-9-17/h4,6-9,19H,1,5,10-15H2,2-3H3. The third kappa shape index (κ3) is 3.94. The average Bonchev–Trinajstić information content (AvgIpc) is 2.48. The smallest absolute Gasteiger partial charge is 0.0243 e. The molecule has 2 rings (SSSR count). The number of likely N-dealkylation sites (tertiary alicyclic amines) is 1. The van der Waals surface area contributed by atoms with E-state index in [-0.39, 0.29) is 5.54 Å². The van der Waals surface area contributed by atoms with Crippen molar-refractivity contribution in [2.45, 2.75) is 45.2 Å². The van der Waals surface area contributed by atoms with Crippen LogP contribution in [-0.4, -0.2) is 30.1 Å². The van der Waals surface area contributed by atoms with Crippen molar-refractivity contribution >= 4 is 0 Å². The summed E-state index contributed by atoms with van der Waals surface area (Å²) in [5.41, 5.74) is 2.95. The Labute approximate surface area is 123 Å². The second-order valence-corrected chi connectivity index (χ2v) is 6.05. The lowest BCUT2D eigenvalue weighted by atomic mass is 9.84. The molecule has 0 amide bonds. The minimum Gasteiger partial charge on any atom is -0.307 e. The fraction of sp³-hybridized carbons (Fsp3) is 0.556. The Bertz CT molecular complexity index is 414. The van der Waals surface area contributed by atoms with Gasteiger partial charge in [-0.1, -0.05) is 42.8 Å². The maximum absolute atomic E-state index is 3.95. The molecule has 20 heavy (non-hydrogen) atoms. The van der Waals surface area contributed by atoms with E-state index in [0.29, 0.717) is 0 Å². The van der Waals surface area contributed by atoms with Crippen LogP contribution in [0.3, 0.4) is 0 Å². The second kappa shape index (κ2) is 7.05. The van der Waals surface area contributed by atoms with Crippen molar-refractivity contribution in [2.24, 2.45) is 0 Å². The molecule has 0 aromatic heterocycles.